The predicted molar refractivity (Wildman–Crippen MR) is 166 cm³/mol. The Labute approximate surface area is 251 Å². The van der Waals surface area contributed by atoms with E-state index in [-0.39, 0.29) is 11.8 Å². The van der Waals surface area contributed by atoms with Gasteiger partial charge in [0.25, 0.3) is 11.8 Å². The van der Waals surface area contributed by atoms with Crippen molar-refractivity contribution < 1.29 is 27.8 Å². The van der Waals surface area contributed by atoms with Gasteiger partial charge in [0.1, 0.15) is 34.6 Å². The minimum atomic E-state index is -0.403. The second-order valence-electron chi connectivity index (χ2n) is 9.85. The summed E-state index contributed by atoms with van der Waals surface area (Å²) in [4.78, 5) is 24.8. The number of carbonyl (C=O) groups is 2. The number of carbonyl (C=O) groups excluding carboxylic acids is 2. The van der Waals surface area contributed by atoms with Crippen molar-refractivity contribution in [2.75, 3.05) is 10.6 Å². The van der Waals surface area contributed by atoms with Crippen LogP contribution in [0.15, 0.2) is 133 Å². The third-order valence-corrected chi connectivity index (χ3v) is 6.69. The minimum Gasteiger partial charge on any atom is -0.457 e. The lowest BCUT2D eigenvalue weighted by Crippen LogP contribution is -2.11. The Morgan fingerprint density at radius 3 is 1.18 bits per heavy atom. The molecule has 6 rings (SSSR count). The molecule has 0 heterocycles. The van der Waals surface area contributed by atoms with Crippen molar-refractivity contribution in [3.63, 3.8) is 0 Å². The highest BCUT2D eigenvalue weighted by molar-refractivity contribution is 6.04. The molecule has 44 heavy (non-hydrogen) atoms. The topological polar surface area (TPSA) is 76.7 Å². The van der Waals surface area contributed by atoms with Gasteiger partial charge < -0.3 is 20.1 Å². The van der Waals surface area contributed by atoms with Crippen LogP contribution in [0.1, 0.15) is 20.7 Å². The summed E-state index contributed by atoms with van der Waals surface area (Å²) in [5.74, 6) is 0.940. The molecule has 0 radical (unpaired) electrons. The van der Waals surface area contributed by atoms with Crippen LogP contribution >= 0.6 is 0 Å². The molecule has 2 amide bonds. The average Bonchev–Trinajstić information content (AvgIpc) is 3.03. The van der Waals surface area contributed by atoms with Crippen LogP contribution in [-0.2, 0) is 0 Å². The third kappa shape index (κ3) is 6.88. The van der Waals surface area contributed by atoms with Gasteiger partial charge in [0.15, 0.2) is 0 Å². The number of halogens is 2. The van der Waals surface area contributed by atoms with Gasteiger partial charge in [-0.25, -0.2) is 8.78 Å². The van der Waals surface area contributed by atoms with Crippen LogP contribution in [0.25, 0.3) is 10.8 Å². The maximum atomic E-state index is 13.1. The average molecular weight is 587 g/mol. The van der Waals surface area contributed by atoms with Crippen molar-refractivity contribution in [3.8, 4) is 23.0 Å². The van der Waals surface area contributed by atoms with Crippen LogP contribution < -0.4 is 20.1 Å². The molecule has 0 saturated carbocycles. The van der Waals surface area contributed by atoms with Crippen molar-refractivity contribution in [2.45, 2.75) is 0 Å². The molecular formula is C36H24F2N2O4. The summed E-state index contributed by atoms with van der Waals surface area (Å²) < 4.78 is 38.3. The molecule has 6 aromatic carbocycles. The highest BCUT2D eigenvalue weighted by Crippen LogP contribution is 2.31. The van der Waals surface area contributed by atoms with Gasteiger partial charge in [-0.15, -0.1) is 0 Å². The first-order valence-electron chi connectivity index (χ1n) is 13.6. The molecule has 0 fully saturated rings. The van der Waals surface area contributed by atoms with Crippen LogP contribution in [0.5, 0.6) is 23.0 Å². The van der Waals surface area contributed by atoms with Crippen molar-refractivity contribution >= 4 is 34.0 Å². The zero-order valence-corrected chi connectivity index (χ0v) is 23.1. The maximum absolute atomic E-state index is 13.1. The standard InChI is InChI=1S/C36H24F2N2O4/c37-27-7-1-24(2-8-27)35(41)39-29-11-17-31(18-12-29)43-33-15-5-23-6-16-34(22-26(23)21-33)44-32-19-13-30(14-20-32)40-36(42)25-3-9-28(38)10-4-25/h1-22H,(H,39,41)(H,40,42). The van der Waals surface area contributed by atoms with Gasteiger partial charge in [0.2, 0.25) is 0 Å². The molecule has 2 N–H and O–H groups in total. The molecule has 0 spiro atoms. The normalized spacial score (nSPS) is 10.7. The summed E-state index contributed by atoms with van der Waals surface area (Å²) in [6.45, 7) is 0. The smallest absolute Gasteiger partial charge is 0.255 e. The van der Waals surface area contributed by atoms with Crippen molar-refractivity contribution in [1.29, 1.82) is 0 Å². The van der Waals surface area contributed by atoms with E-state index in [4.69, 9.17) is 9.47 Å². The lowest BCUT2D eigenvalue weighted by atomic mass is 10.1. The van der Waals surface area contributed by atoms with E-state index in [2.05, 4.69) is 10.6 Å². The van der Waals surface area contributed by atoms with Crippen molar-refractivity contribution in [2.24, 2.45) is 0 Å². The monoisotopic (exact) mass is 586 g/mol. The Balaban J connectivity index is 1.08. The Morgan fingerprint density at radius 1 is 0.432 bits per heavy atom. The molecule has 0 unspecified atom stereocenters. The van der Waals surface area contributed by atoms with E-state index in [0.29, 0.717) is 45.5 Å². The highest BCUT2D eigenvalue weighted by Gasteiger charge is 2.09. The Morgan fingerprint density at radius 2 is 0.795 bits per heavy atom. The fourth-order valence-corrected chi connectivity index (χ4v) is 4.42. The fraction of sp³-hybridized carbons (Fsp3) is 0. The first-order valence-corrected chi connectivity index (χ1v) is 13.6. The van der Waals surface area contributed by atoms with Gasteiger partial charge in [-0.2, -0.15) is 0 Å². The van der Waals surface area contributed by atoms with Crippen molar-refractivity contribution in [1.82, 2.24) is 0 Å². The molecule has 0 aliphatic carbocycles. The minimum absolute atomic E-state index is 0.337. The van der Waals surface area contributed by atoms with Crippen LogP contribution in [0, 0.1) is 11.6 Å². The second kappa shape index (κ2) is 12.5. The van der Waals surface area contributed by atoms with Crippen LogP contribution in [-0.4, -0.2) is 11.8 Å². The lowest BCUT2D eigenvalue weighted by molar-refractivity contribution is 0.101. The SMILES string of the molecule is O=C(Nc1ccc(Oc2ccc3ccc(Oc4ccc(NC(=O)c5ccc(F)cc5)cc4)cc3c2)cc1)c1ccc(F)cc1. The van der Waals surface area contributed by atoms with E-state index in [1.807, 2.05) is 36.4 Å². The molecule has 0 aromatic heterocycles. The van der Waals surface area contributed by atoms with Gasteiger partial charge in [0, 0.05) is 22.5 Å². The third-order valence-electron chi connectivity index (χ3n) is 6.69. The van der Waals surface area contributed by atoms with E-state index >= 15 is 0 Å². The predicted octanol–water partition coefficient (Wildman–Crippen LogP) is 9.21. The largest absolute Gasteiger partial charge is 0.457 e. The van der Waals surface area contributed by atoms with Crippen LogP contribution in [0.3, 0.4) is 0 Å². The van der Waals surface area contributed by atoms with E-state index in [1.54, 1.807) is 48.5 Å². The summed E-state index contributed by atoms with van der Waals surface area (Å²) in [5.41, 5.74) is 1.87. The molecule has 0 aliphatic heterocycles. The summed E-state index contributed by atoms with van der Waals surface area (Å²) in [5, 5.41) is 7.47. The van der Waals surface area contributed by atoms with E-state index in [9.17, 15) is 18.4 Å². The molecule has 216 valence electrons. The number of fused-ring (bicyclic) bond motifs is 1. The Kier molecular flexibility index (Phi) is 7.96. The van der Waals surface area contributed by atoms with E-state index in [0.717, 1.165) is 10.8 Å². The molecule has 8 heteroatoms. The molecule has 6 aromatic rings. The number of rotatable bonds is 8. The maximum Gasteiger partial charge on any atom is 0.255 e. The number of nitrogens with one attached hydrogen (secondary N) is 2. The molecule has 0 aliphatic rings. The zero-order chi connectivity index (χ0) is 30.5. The first-order chi connectivity index (χ1) is 21.4. The molecule has 0 bridgehead atoms. The fourth-order valence-electron chi connectivity index (χ4n) is 4.42. The summed E-state index contributed by atoms with van der Waals surface area (Å²) in [6.07, 6.45) is 0. The number of benzene rings is 6. The molecule has 0 saturated heterocycles. The van der Waals surface area contributed by atoms with Gasteiger partial charge in [-0.05, 0) is 132 Å². The van der Waals surface area contributed by atoms with Crippen LogP contribution in [0.4, 0.5) is 20.2 Å². The Hall–Kier alpha value is -6.02. The molecule has 0 atom stereocenters. The number of hydrogen-bond acceptors (Lipinski definition) is 4. The van der Waals surface area contributed by atoms with E-state index < -0.39 is 11.6 Å². The quantitative estimate of drug-likeness (QED) is 0.186. The van der Waals surface area contributed by atoms with Gasteiger partial charge in [-0.3, -0.25) is 9.59 Å². The highest BCUT2D eigenvalue weighted by atomic mass is 19.1. The van der Waals surface area contributed by atoms with Gasteiger partial charge in [0.05, 0.1) is 0 Å². The van der Waals surface area contributed by atoms with Crippen molar-refractivity contribution in [3.05, 3.63) is 156 Å². The van der Waals surface area contributed by atoms with E-state index in [1.165, 1.54) is 48.5 Å². The summed E-state index contributed by atoms with van der Waals surface area (Å²) in [7, 11) is 0. The lowest BCUT2D eigenvalue weighted by Gasteiger charge is -2.11. The number of ether oxygens (including phenoxy) is 2. The number of hydrogen-bond donors (Lipinski definition) is 2. The van der Waals surface area contributed by atoms with Gasteiger partial charge in [-0.1, -0.05) is 12.1 Å². The van der Waals surface area contributed by atoms with Crippen LogP contribution in [0.2, 0.25) is 0 Å². The summed E-state index contributed by atoms with van der Waals surface area (Å²) >= 11 is 0. The second-order valence-corrected chi connectivity index (χ2v) is 9.85. The van der Waals surface area contributed by atoms with Gasteiger partial charge >= 0.3 is 0 Å². The Bertz CT molecular complexity index is 1800. The molecule has 6 nitrogen and oxygen atoms in total. The molecular weight excluding hydrogens is 562 g/mol. The first kappa shape index (κ1) is 28.1. The number of anilines is 2. The zero-order valence-electron chi connectivity index (χ0n) is 23.1. The number of amides is 2. The summed E-state index contributed by atoms with van der Waals surface area (Å²) in [6, 6.07) is 36.0.